The van der Waals surface area contributed by atoms with Gasteiger partial charge in [-0.2, -0.15) is 0 Å². The third kappa shape index (κ3) is 3.24. The fraction of sp³-hybridized carbons (Fsp3) is 0.538. The minimum Gasteiger partial charge on any atom is -0.490 e. The van der Waals surface area contributed by atoms with E-state index in [1.807, 2.05) is 24.3 Å². The molecule has 0 aliphatic rings. The van der Waals surface area contributed by atoms with E-state index in [0.717, 1.165) is 24.2 Å². The highest BCUT2D eigenvalue weighted by Gasteiger charge is 2.11. The average Bonchev–Trinajstić information content (AvgIpc) is 2.26. The third-order valence-electron chi connectivity index (χ3n) is 2.57. The normalized spacial score (nSPS) is 12.9. The Morgan fingerprint density at radius 3 is 2.33 bits per heavy atom. The van der Waals surface area contributed by atoms with Crippen molar-refractivity contribution >= 4 is 0 Å². The number of hydrogen-bond donors (Lipinski definition) is 1. The summed E-state index contributed by atoms with van der Waals surface area (Å²) in [4.78, 5) is 0. The molecule has 2 nitrogen and oxygen atoms in total. The molecule has 0 heterocycles. The molecule has 0 amide bonds. The van der Waals surface area contributed by atoms with Crippen molar-refractivity contribution in [1.82, 2.24) is 0 Å². The zero-order chi connectivity index (χ0) is 11.3. The largest absolute Gasteiger partial charge is 0.490 e. The first-order chi connectivity index (χ1) is 7.19. The average molecular weight is 208 g/mol. The van der Waals surface area contributed by atoms with Crippen LogP contribution in [0.4, 0.5) is 0 Å². The van der Waals surface area contributed by atoms with E-state index >= 15 is 0 Å². The van der Waals surface area contributed by atoms with E-state index in [2.05, 4.69) is 13.8 Å². The SMILES string of the molecule is CCC(CC)Oc1ccccc1C(C)O. The molecular weight excluding hydrogens is 188 g/mol. The van der Waals surface area contributed by atoms with Crippen LogP contribution in [-0.4, -0.2) is 11.2 Å². The van der Waals surface area contributed by atoms with Crippen LogP contribution in [0.1, 0.15) is 45.3 Å². The number of aliphatic hydroxyl groups excluding tert-OH is 1. The highest BCUT2D eigenvalue weighted by atomic mass is 16.5. The van der Waals surface area contributed by atoms with Gasteiger partial charge in [0.2, 0.25) is 0 Å². The topological polar surface area (TPSA) is 29.5 Å². The van der Waals surface area contributed by atoms with Gasteiger partial charge in [-0.1, -0.05) is 32.0 Å². The van der Waals surface area contributed by atoms with Crippen molar-refractivity contribution in [3.8, 4) is 5.75 Å². The van der Waals surface area contributed by atoms with E-state index in [9.17, 15) is 5.11 Å². The molecule has 1 aromatic rings. The number of benzene rings is 1. The van der Waals surface area contributed by atoms with E-state index in [0.29, 0.717) is 0 Å². The van der Waals surface area contributed by atoms with Crippen LogP contribution >= 0.6 is 0 Å². The Labute approximate surface area is 91.9 Å². The first-order valence-corrected chi connectivity index (χ1v) is 5.62. The van der Waals surface area contributed by atoms with Crippen LogP contribution in [0.2, 0.25) is 0 Å². The van der Waals surface area contributed by atoms with Crippen LogP contribution < -0.4 is 4.74 Å². The standard InChI is InChI=1S/C13H20O2/c1-4-11(5-2)15-13-9-7-6-8-12(13)10(3)14/h6-11,14H,4-5H2,1-3H3. The molecule has 1 unspecified atom stereocenters. The minimum absolute atomic E-state index is 0.241. The predicted molar refractivity (Wildman–Crippen MR) is 62.1 cm³/mol. The lowest BCUT2D eigenvalue weighted by Gasteiger charge is -2.19. The molecule has 1 rings (SSSR count). The highest BCUT2D eigenvalue weighted by Crippen LogP contribution is 2.26. The summed E-state index contributed by atoms with van der Waals surface area (Å²) in [5.41, 5.74) is 0.865. The summed E-state index contributed by atoms with van der Waals surface area (Å²) < 4.78 is 5.85. The molecule has 0 aliphatic heterocycles. The quantitative estimate of drug-likeness (QED) is 0.804. The third-order valence-corrected chi connectivity index (χ3v) is 2.57. The van der Waals surface area contributed by atoms with Crippen LogP contribution in [0, 0.1) is 0 Å². The monoisotopic (exact) mass is 208 g/mol. The summed E-state index contributed by atoms with van der Waals surface area (Å²) in [6, 6.07) is 7.67. The van der Waals surface area contributed by atoms with Crippen LogP contribution in [0.15, 0.2) is 24.3 Å². The van der Waals surface area contributed by atoms with Gasteiger partial charge in [-0.15, -0.1) is 0 Å². The molecule has 0 spiro atoms. The molecule has 0 fully saturated rings. The molecule has 0 saturated carbocycles. The van der Waals surface area contributed by atoms with Crippen molar-refractivity contribution in [3.63, 3.8) is 0 Å². The predicted octanol–water partition coefficient (Wildman–Crippen LogP) is 3.31. The molecule has 0 saturated heterocycles. The van der Waals surface area contributed by atoms with Gasteiger partial charge in [-0.3, -0.25) is 0 Å². The summed E-state index contributed by atoms with van der Waals surface area (Å²) in [6.45, 7) is 5.98. The van der Waals surface area contributed by atoms with E-state index in [-0.39, 0.29) is 6.10 Å². The Balaban J connectivity index is 2.83. The molecule has 15 heavy (non-hydrogen) atoms. The number of para-hydroxylation sites is 1. The van der Waals surface area contributed by atoms with Crippen molar-refractivity contribution < 1.29 is 9.84 Å². The zero-order valence-electron chi connectivity index (χ0n) is 9.73. The van der Waals surface area contributed by atoms with Crippen LogP contribution in [-0.2, 0) is 0 Å². The summed E-state index contributed by atoms with van der Waals surface area (Å²) in [6.07, 6.45) is 1.75. The van der Waals surface area contributed by atoms with Crippen LogP contribution in [0.25, 0.3) is 0 Å². The van der Waals surface area contributed by atoms with Gasteiger partial charge in [-0.05, 0) is 25.8 Å². The molecule has 2 heteroatoms. The van der Waals surface area contributed by atoms with Gasteiger partial charge in [0.05, 0.1) is 12.2 Å². The second kappa shape index (κ2) is 5.76. The van der Waals surface area contributed by atoms with Crippen molar-refractivity contribution in [3.05, 3.63) is 29.8 Å². The molecule has 0 aromatic heterocycles. The van der Waals surface area contributed by atoms with E-state index in [4.69, 9.17) is 4.74 Å². The molecule has 0 bridgehead atoms. The Bertz CT molecular complexity index is 290. The Hall–Kier alpha value is -1.02. The lowest BCUT2D eigenvalue weighted by Crippen LogP contribution is -2.15. The maximum absolute atomic E-state index is 9.58. The molecule has 1 aromatic carbocycles. The summed E-state index contributed by atoms with van der Waals surface area (Å²) in [5.74, 6) is 0.807. The lowest BCUT2D eigenvalue weighted by molar-refractivity contribution is 0.166. The number of hydrogen-bond acceptors (Lipinski definition) is 2. The van der Waals surface area contributed by atoms with E-state index in [1.165, 1.54) is 0 Å². The fourth-order valence-electron chi connectivity index (χ4n) is 1.57. The van der Waals surface area contributed by atoms with Gasteiger partial charge in [0.15, 0.2) is 0 Å². The molecule has 1 atom stereocenters. The van der Waals surface area contributed by atoms with Crippen LogP contribution in [0.3, 0.4) is 0 Å². The molecule has 0 aliphatic carbocycles. The maximum atomic E-state index is 9.58. The van der Waals surface area contributed by atoms with Crippen LogP contribution in [0.5, 0.6) is 5.75 Å². The number of rotatable bonds is 5. The number of aliphatic hydroxyl groups is 1. The van der Waals surface area contributed by atoms with Gasteiger partial charge in [0.1, 0.15) is 5.75 Å². The molecule has 1 N–H and O–H groups in total. The first-order valence-electron chi connectivity index (χ1n) is 5.62. The zero-order valence-corrected chi connectivity index (χ0v) is 9.73. The van der Waals surface area contributed by atoms with Gasteiger partial charge in [-0.25, -0.2) is 0 Å². The fourth-order valence-corrected chi connectivity index (χ4v) is 1.57. The second-order valence-corrected chi connectivity index (χ2v) is 3.77. The Morgan fingerprint density at radius 2 is 1.80 bits per heavy atom. The Morgan fingerprint density at radius 1 is 1.20 bits per heavy atom. The van der Waals surface area contributed by atoms with Crippen molar-refractivity contribution in [2.24, 2.45) is 0 Å². The minimum atomic E-state index is -0.476. The maximum Gasteiger partial charge on any atom is 0.125 e. The highest BCUT2D eigenvalue weighted by molar-refractivity contribution is 5.34. The number of ether oxygens (including phenoxy) is 1. The summed E-state index contributed by atoms with van der Waals surface area (Å²) in [7, 11) is 0. The van der Waals surface area contributed by atoms with Gasteiger partial charge in [0.25, 0.3) is 0 Å². The van der Waals surface area contributed by atoms with E-state index < -0.39 is 6.10 Å². The van der Waals surface area contributed by atoms with Gasteiger partial charge in [0, 0.05) is 5.56 Å². The lowest BCUT2D eigenvalue weighted by atomic mass is 10.1. The van der Waals surface area contributed by atoms with E-state index in [1.54, 1.807) is 6.92 Å². The van der Waals surface area contributed by atoms with Gasteiger partial charge < -0.3 is 9.84 Å². The smallest absolute Gasteiger partial charge is 0.125 e. The molecule has 84 valence electrons. The van der Waals surface area contributed by atoms with Crippen molar-refractivity contribution in [2.75, 3.05) is 0 Å². The van der Waals surface area contributed by atoms with Gasteiger partial charge >= 0.3 is 0 Å². The van der Waals surface area contributed by atoms with Crippen molar-refractivity contribution in [2.45, 2.75) is 45.8 Å². The molecular formula is C13H20O2. The summed E-state index contributed by atoms with van der Waals surface area (Å²) >= 11 is 0. The first kappa shape index (κ1) is 12.1. The van der Waals surface area contributed by atoms with Crippen molar-refractivity contribution in [1.29, 1.82) is 0 Å². The Kier molecular flexibility index (Phi) is 4.63. The second-order valence-electron chi connectivity index (χ2n) is 3.77. The molecule has 0 radical (unpaired) electrons. The summed E-state index contributed by atoms with van der Waals surface area (Å²) in [5, 5.41) is 9.58.